The zero-order valence-electron chi connectivity index (χ0n) is 17.4. The maximum Gasteiger partial charge on any atom is 0.246 e. The molecule has 5 nitrogen and oxygen atoms in total. The van der Waals surface area contributed by atoms with Gasteiger partial charge in [0.1, 0.15) is 5.54 Å². The molecule has 2 heterocycles. The minimum Gasteiger partial charge on any atom is -0.353 e. The smallest absolute Gasteiger partial charge is 0.246 e. The van der Waals surface area contributed by atoms with E-state index in [1.165, 1.54) is 12.0 Å². The Hall–Kier alpha value is -2.11. The van der Waals surface area contributed by atoms with Gasteiger partial charge in [-0.1, -0.05) is 49.6 Å². The summed E-state index contributed by atoms with van der Waals surface area (Å²) in [6, 6.07) is 14.8. The largest absolute Gasteiger partial charge is 0.353 e. The highest BCUT2D eigenvalue weighted by Gasteiger charge is 2.40. The Kier molecular flexibility index (Phi) is 6.67. The molecule has 2 aromatic rings. The fourth-order valence-corrected chi connectivity index (χ4v) is 4.86. The Balaban J connectivity index is 1.22. The zero-order chi connectivity index (χ0) is 19.9. The van der Waals surface area contributed by atoms with Gasteiger partial charge in [0.15, 0.2) is 0 Å². The first-order valence-electron chi connectivity index (χ1n) is 11.2. The van der Waals surface area contributed by atoms with Crippen LogP contribution in [0.25, 0.3) is 0 Å². The third-order valence-corrected chi connectivity index (χ3v) is 6.63. The molecule has 0 unspecified atom stereocenters. The molecule has 2 fully saturated rings. The van der Waals surface area contributed by atoms with Gasteiger partial charge in [-0.15, -0.1) is 0 Å². The quantitative estimate of drug-likeness (QED) is 0.785. The fourth-order valence-electron chi connectivity index (χ4n) is 4.86. The van der Waals surface area contributed by atoms with E-state index in [9.17, 15) is 4.79 Å². The van der Waals surface area contributed by atoms with Crippen LogP contribution in [0.2, 0.25) is 0 Å². The predicted octanol–water partition coefficient (Wildman–Crippen LogP) is 3.08. The summed E-state index contributed by atoms with van der Waals surface area (Å²) >= 11 is 0. The normalized spacial score (nSPS) is 20.4. The monoisotopic (exact) mass is 394 g/mol. The molecule has 4 rings (SSSR count). The Labute approximate surface area is 174 Å². The second-order valence-corrected chi connectivity index (χ2v) is 8.54. The minimum atomic E-state index is -0.379. The number of aromatic nitrogens is 1. The van der Waals surface area contributed by atoms with Gasteiger partial charge < -0.3 is 9.88 Å². The molecule has 0 bridgehead atoms. The van der Waals surface area contributed by atoms with Crippen LogP contribution in [0.3, 0.4) is 0 Å². The van der Waals surface area contributed by atoms with Crippen LogP contribution in [0.1, 0.15) is 37.7 Å². The van der Waals surface area contributed by atoms with E-state index in [4.69, 9.17) is 0 Å². The van der Waals surface area contributed by atoms with Crippen molar-refractivity contribution in [3.05, 3.63) is 60.4 Å². The summed E-state index contributed by atoms with van der Waals surface area (Å²) in [6.07, 6.45) is 9.51. The van der Waals surface area contributed by atoms with Crippen molar-refractivity contribution in [2.45, 2.75) is 44.2 Å². The number of piperazine rings is 1. The van der Waals surface area contributed by atoms with E-state index in [0.717, 1.165) is 71.5 Å². The van der Waals surface area contributed by atoms with Crippen molar-refractivity contribution < 1.29 is 4.79 Å². The second kappa shape index (κ2) is 9.59. The molecule has 2 aliphatic rings. The summed E-state index contributed by atoms with van der Waals surface area (Å²) in [5, 5.41) is 3.26. The molecule has 1 N–H and O–H groups in total. The van der Waals surface area contributed by atoms with Crippen molar-refractivity contribution >= 4 is 5.91 Å². The molecule has 1 aromatic carbocycles. The number of rotatable bonds is 7. The van der Waals surface area contributed by atoms with Gasteiger partial charge in [0.05, 0.1) is 0 Å². The van der Waals surface area contributed by atoms with Gasteiger partial charge in [-0.25, -0.2) is 0 Å². The SMILES string of the molecule is O=C(NCCN1CCN(Cc2ccccc2)CC1)C1(n2cccc2)CCCCC1. The minimum absolute atomic E-state index is 0.205. The molecule has 0 atom stereocenters. The lowest BCUT2D eigenvalue weighted by Gasteiger charge is -2.38. The number of amides is 1. The summed E-state index contributed by atoms with van der Waals surface area (Å²) in [7, 11) is 0. The van der Waals surface area contributed by atoms with Gasteiger partial charge in [0, 0.05) is 58.2 Å². The van der Waals surface area contributed by atoms with Crippen molar-refractivity contribution in [2.24, 2.45) is 0 Å². The number of benzene rings is 1. The van der Waals surface area contributed by atoms with Crippen molar-refractivity contribution in [3.8, 4) is 0 Å². The average molecular weight is 395 g/mol. The van der Waals surface area contributed by atoms with Crippen LogP contribution in [0, 0.1) is 0 Å². The molecule has 29 heavy (non-hydrogen) atoms. The van der Waals surface area contributed by atoms with Gasteiger partial charge in [0.25, 0.3) is 0 Å². The van der Waals surface area contributed by atoms with Crippen molar-refractivity contribution in [3.63, 3.8) is 0 Å². The average Bonchev–Trinajstić information content (AvgIpc) is 3.32. The van der Waals surface area contributed by atoms with E-state index in [2.05, 4.69) is 62.4 Å². The predicted molar refractivity (Wildman–Crippen MR) is 117 cm³/mol. The standard InChI is InChI=1S/C24H34N4O/c29-23(24(11-5-2-6-12-24)28-14-7-8-15-28)25-13-16-26-17-19-27(20-18-26)21-22-9-3-1-4-10-22/h1,3-4,7-10,14-15H,2,5-6,11-13,16-21H2,(H,25,29). The van der Waals surface area contributed by atoms with Crippen LogP contribution >= 0.6 is 0 Å². The van der Waals surface area contributed by atoms with E-state index in [1.807, 2.05) is 12.1 Å². The lowest BCUT2D eigenvalue weighted by Crippen LogP contribution is -2.52. The Bertz CT molecular complexity index is 744. The third kappa shape index (κ3) is 4.90. The first-order valence-corrected chi connectivity index (χ1v) is 11.2. The molecular formula is C24H34N4O. The molecule has 1 saturated carbocycles. The Morgan fingerprint density at radius 3 is 2.21 bits per heavy atom. The third-order valence-electron chi connectivity index (χ3n) is 6.63. The molecule has 1 amide bonds. The van der Waals surface area contributed by atoms with E-state index in [-0.39, 0.29) is 11.4 Å². The maximum absolute atomic E-state index is 13.2. The number of hydrogen-bond donors (Lipinski definition) is 1. The molecule has 156 valence electrons. The van der Waals surface area contributed by atoms with Gasteiger partial charge >= 0.3 is 0 Å². The number of nitrogens with one attached hydrogen (secondary N) is 1. The lowest BCUT2D eigenvalue weighted by molar-refractivity contribution is -0.131. The number of carbonyl (C=O) groups excluding carboxylic acids is 1. The summed E-state index contributed by atoms with van der Waals surface area (Å²) in [6.45, 7) is 7.04. The number of carbonyl (C=O) groups is 1. The Morgan fingerprint density at radius 2 is 1.52 bits per heavy atom. The number of hydrogen-bond acceptors (Lipinski definition) is 3. The highest BCUT2D eigenvalue weighted by Crippen LogP contribution is 2.35. The molecule has 1 saturated heterocycles. The van der Waals surface area contributed by atoms with Gasteiger partial charge in [-0.3, -0.25) is 14.6 Å². The second-order valence-electron chi connectivity index (χ2n) is 8.54. The van der Waals surface area contributed by atoms with Gasteiger partial charge in [0.2, 0.25) is 5.91 Å². The number of nitrogens with zero attached hydrogens (tertiary/aromatic N) is 3. The molecule has 0 radical (unpaired) electrons. The van der Waals surface area contributed by atoms with Crippen LogP contribution in [-0.4, -0.2) is 59.5 Å². The van der Waals surface area contributed by atoms with Crippen LogP contribution in [0.15, 0.2) is 54.9 Å². The fraction of sp³-hybridized carbons (Fsp3) is 0.542. The molecular weight excluding hydrogens is 360 g/mol. The highest BCUT2D eigenvalue weighted by atomic mass is 16.2. The Morgan fingerprint density at radius 1 is 0.862 bits per heavy atom. The summed E-state index contributed by atoms with van der Waals surface area (Å²) in [4.78, 5) is 18.2. The van der Waals surface area contributed by atoms with Crippen LogP contribution in [0.5, 0.6) is 0 Å². The zero-order valence-corrected chi connectivity index (χ0v) is 17.4. The van der Waals surface area contributed by atoms with E-state index in [1.54, 1.807) is 0 Å². The first-order chi connectivity index (χ1) is 14.3. The summed E-state index contributed by atoms with van der Waals surface area (Å²) in [5.74, 6) is 0.205. The van der Waals surface area contributed by atoms with Gasteiger partial charge in [-0.2, -0.15) is 0 Å². The molecule has 1 aromatic heterocycles. The van der Waals surface area contributed by atoms with Crippen molar-refractivity contribution in [2.75, 3.05) is 39.3 Å². The van der Waals surface area contributed by atoms with Crippen LogP contribution < -0.4 is 5.32 Å². The first kappa shape index (κ1) is 20.2. The molecule has 1 aliphatic carbocycles. The van der Waals surface area contributed by atoms with Crippen molar-refractivity contribution in [1.29, 1.82) is 0 Å². The molecule has 5 heteroatoms. The van der Waals surface area contributed by atoms with E-state index in [0.29, 0.717) is 0 Å². The van der Waals surface area contributed by atoms with Crippen LogP contribution in [0.4, 0.5) is 0 Å². The lowest BCUT2D eigenvalue weighted by atomic mass is 9.80. The van der Waals surface area contributed by atoms with E-state index < -0.39 is 0 Å². The summed E-state index contributed by atoms with van der Waals surface area (Å²) in [5.41, 5.74) is 1.01. The highest BCUT2D eigenvalue weighted by molar-refractivity contribution is 5.84. The molecule has 0 spiro atoms. The van der Waals surface area contributed by atoms with Gasteiger partial charge in [-0.05, 0) is 30.5 Å². The topological polar surface area (TPSA) is 40.5 Å². The van der Waals surface area contributed by atoms with E-state index >= 15 is 0 Å². The maximum atomic E-state index is 13.2. The van der Waals surface area contributed by atoms with Crippen molar-refractivity contribution in [1.82, 2.24) is 19.7 Å². The van der Waals surface area contributed by atoms with Crippen LogP contribution in [-0.2, 0) is 16.9 Å². The summed E-state index contributed by atoms with van der Waals surface area (Å²) < 4.78 is 2.14. The molecule has 1 aliphatic heterocycles.